The first-order valence-corrected chi connectivity index (χ1v) is 9.66. The second kappa shape index (κ2) is 8.94. The van der Waals surface area contributed by atoms with Crippen LogP contribution in [0.25, 0.3) is 0 Å². The van der Waals surface area contributed by atoms with E-state index >= 15 is 0 Å². The van der Waals surface area contributed by atoms with Crippen molar-refractivity contribution < 1.29 is 33.7 Å². The molecule has 2 aliphatic heterocycles. The van der Waals surface area contributed by atoms with Crippen LogP contribution < -0.4 is 20.2 Å². The number of rotatable bonds is 6. The Balaban J connectivity index is 1.68. The molecule has 0 aliphatic carbocycles. The van der Waals surface area contributed by atoms with Gasteiger partial charge in [0.25, 0.3) is 0 Å². The molecule has 1 unspecified atom stereocenters. The Morgan fingerprint density at radius 2 is 2.10 bits per heavy atom. The van der Waals surface area contributed by atoms with Crippen LogP contribution in [-0.4, -0.2) is 67.9 Å². The van der Waals surface area contributed by atoms with Gasteiger partial charge in [0, 0.05) is 13.1 Å². The molecular formula is C19H25FN4O6. The van der Waals surface area contributed by atoms with Gasteiger partial charge in [-0.3, -0.25) is 9.69 Å². The third kappa shape index (κ3) is 4.69. The van der Waals surface area contributed by atoms with E-state index in [0.717, 1.165) is 6.92 Å². The number of amides is 3. The molecule has 0 aromatic heterocycles. The van der Waals surface area contributed by atoms with Crippen molar-refractivity contribution in [3.63, 3.8) is 0 Å². The molecule has 2 saturated heterocycles. The first-order chi connectivity index (χ1) is 14.2. The molecule has 10 nitrogen and oxygen atoms in total. The first kappa shape index (κ1) is 21.9. The number of hydrogen-bond acceptors (Lipinski definition) is 7. The molecule has 0 spiro atoms. The van der Waals surface area contributed by atoms with Crippen LogP contribution in [0.5, 0.6) is 0 Å². The van der Waals surface area contributed by atoms with E-state index in [1.807, 2.05) is 6.92 Å². The summed E-state index contributed by atoms with van der Waals surface area (Å²) in [5.74, 6) is -1.55. The standard InChI is InChI=1S/C19H25FN4O6/c1-11-6-22(9-16(11)21-18(27)10-25)17-4-3-13(5-15(17)20)23-7-14(30-19(23)28)8-24(29)12(2)26/h3-5,11,14,16,24-25H,6-10H2,1-2H3,(H,21,27)/t11-,14?,16+/m1/s1. The summed E-state index contributed by atoms with van der Waals surface area (Å²) in [5, 5.41) is 22.6. The van der Waals surface area contributed by atoms with E-state index in [4.69, 9.17) is 9.84 Å². The molecule has 11 heteroatoms. The second-order valence-corrected chi connectivity index (χ2v) is 7.65. The lowest BCUT2D eigenvalue weighted by Gasteiger charge is -2.22. The number of nitrogens with zero attached hydrogens (tertiary/aromatic N) is 2. The molecule has 164 valence electrons. The van der Waals surface area contributed by atoms with Crippen molar-refractivity contribution in [1.82, 2.24) is 5.32 Å². The van der Waals surface area contributed by atoms with E-state index in [1.165, 1.54) is 11.0 Å². The van der Waals surface area contributed by atoms with Crippen molar-refractivity contribution in [2.45, 2.75) is 26.0 Å². The summed E-state index contributed by atoms with van der Waals surface area (Å²) in [6.45, 7) is 3.24. The average molecular weight is 424 g/mol. The van der Waals surface area contributed by atoms with Crippen LogP contribution in [0, 0.1) is 16.9 Å². The summed E-state index contributed by atoms with van der Waals surface area (Å²) >= 11 is 0. The summed E-state index contributed by atoms with van der Waals surface area (Å²) < 4.78 is 19.9. The average Bonchev–Trinajstić information content (AvgIpc) is 3.23. The number of halogens is 1. The largest absolute Gasteiger partial charge is 0.627 e. The summed E-state index contributed by atoms with van der Waals surface area (Å²) in [6.07, 6.45) is -1.46. The summed E-state index contributed by atoms with van der Waals surface area (Å²) in [5.41, 5.74) is 0.624. The molecule has 30 heavy (non-hydrogen) atoms. The number of nitrogens with one attached hydrogen (secondary N) is 2. The number of hydroxylamine groups is 2. The summed E-state index contributed by atoms with van der Waals surface area (Å²) in [6, 6.07) is 4.14. The lowest BCUT2D eigenvalue weighted by atomic mass is 10.1. The Morgan fingerprint density at radius 1 is 1.37 bits per heavy atom. The van der Waals surface area contributed by atoms with Crippen LogP contribution >= 0.6 is 0 Å². The summed E-state index contributed by atoms with van der Waals surface area (Å²) in [4.78, 5) is 37.7. The maximum atomic E-state index is 14.8. The highest BCUT2D eigenvalue weighted by Gasteiger charge is 2.36. The van der Waals surface area contributed by atoms with Crippen molar-refractivity contribution in [1.29, 1.82) is 0 Å². The highest BCUT2D eigenvalue weighted by molar-refractivity contribution is 5.90. The van der Waals surface area contributed by atoms with Gasteiger partial charge in [-0.1, -0.05) is 6.92 Å². The molecule has 2 heterocycles. The Morgan fingerprint density at radius 3 is 2.73 bits per heavy atom. The number of benzene rings is 1. The van der Waals surface area contributed by atoms with Crippen molar-refractivity contribution in [3.05, 3.63) is 29.2 Å². The van der Waals surface area contributed by atoms with E-state index < -0.39 is 41.5 Å². The predicted molar refractivity (Wildman–Crippen MR) is 104 cm³/mol. The molecule has 0 bridgehead atoms. The molecule has 0 saturated carbocycles. The van der Waals surface area contributed by atoms with E-state index in [2.05, 4.69) is 5.32 Å². The Kier molecular flexibility index (Phi) is 6.54. The van der Waals surface area contributed by atoms with Crippen molar-refractivity contribution in [2.75, 3.05) is 42.6 Å². The second-order valence-electron chi connectivity index (χ2n) is 7.65. The van der Waals surface area contributed by atoms with Gasteiger partial charge < -0.3 is 30.3 Å². The van der Waals surface area contributed by atoms with Crippen LogP contribution in [0.1, 0.15) is 13.8 Å². The van der Waals surface area contributed by atoms with E-state index in [1.54, 1.807) is 17.0 Å². The SMILES string of the molecule is CC(=O)[N@@H+]([O-])CC1CN(c2ccc(N3C[C@@H](C)[C@@H](NC(=O)CO)C3)c(F)c2)C(=O)O1. The van der Waals surface area contributed by atoms with Crippen LogP contribution in [-0.2, 0) is 14.3 Å². The van der Waals surface area contributed by atoms with E-state index in [-0.39, 0.29) is 30.7 Å². The topological polar surface area (TPSA) is 127 Å². The smallest absolute Gasteiger partial charge is 0.414 e. The van der Waals surface area contributed by atoms with Gasteiger partial charge >= 0.3 is 12.0 Å². The zero-order chi connectivity index (χ0) is 22.0. The van der Waals surface area contributed by atoms with Gasteiger partial charge in [0.1, 0.15) is 19.0 Å². The maximum absolute atomic E-state index is 14.8. The Labute approximate surface area is 172 Å². The van der Waals surface area contributed by atoms with Crippen LogP contribution in [0.2, 0.25) is 0 Å². The normalized spacial score (nSPS) is 24.7. The summed E-state index contributed by atoms with van der Waals surface area (Å²) in [7, 11) is 0. The number of aliphatic hydroxyl groups excluding tert-OH is 1. The molecule has 1 aromatic rings. The Bertz CT molecular complexity index is 837. The molecule has 0 radical (unpaired) electrons. The number of carbonyl (C=O) groups is 3. The lowest BCUT2D eigenvalue weighted by molar-refractivity contribution is -0.768. The van der Waals surface area contributed by atoms with Crippen molar-refractivity contribution in [3.8, 4) is 0 Å². The predicted octanol–water partition coefficient (Wildman–Crippen LogP) is -0.987. The maximum Gasteiger partial charge on any atom is 0.414 e. The number of anilines is 2. The molecular weight excluding hydrogens is 399 g/mol. The molecule has 2 aliphatic rings. The third-order valence-electron chi connectivity index (χ3n) is 5.37. The zero-order valence-corrected chi connectivity index (χ0v) is 16.8. The van der Waals surface area contributed by atoms with Gasteiger partial charge in [-0.25, -0.2) is 14.0 Å². The lowest BCUT2D eigenvalue weighted by Crippen LogP contribution is -3.10. The van der Waals surface area contributed by atoms with E-state index in [0.29, 0.717) is 18.8 Å². The highest BCUT2D eigenvalue weighted by atomic mass is 19.1. The van der Waals surface area contributed by atoms with Gasteiger partial charge in [0.05, 0.1) is 30.9 Å². The van der Waals surface area contributed by atoms with Gasteiger partial charge in [0.2, 0.25) is 5.91 Å². The van der Waals surface area contributed by atoms with Gasteiger partial charge in [-0.05, 0) is 24.1 Å². The minimum atomic E-state index is -0.757. The molecule has 3 amide bonds. The third-order valence-corrected chi connectivity index (χ3v) is 5.37. The van der Waals surface area contributed by atoms with Crippen LogP contribution in [0.15, 0.2) is 18.2 Å². The number of quaternary nitrogens is 1. The van der Waals surface area contributed by atoms with Crippen molar-refractivity contribution >= 4 is 29.3 Å². The first-order valence-electron chi connectivity index (χ1n) is 9.66. The zero-order valence-electron chi connectivity index (χ0n) is 16.8. The minimum absolute atomic E-state index is 0.0483. The van der Waals surface area contributed by atoms with Gasteiger partial charge in [0.15, 0.2) is 6.10 Å². The fourth-order valence-corrected chi connectivity index (χ4v) is 3.71. The molecule has 1 aromatic carbocycles. The van der Waals surface area contributed by atoms with Crippen molar-refractivity contribution in [2.24, 2.45) is 5.92 Å². The number of ether oxygens (including phenoxy) is 1. The quantitative estimate of drug-likeness (QED) is 0.501. The minimum Gasteiger partial charge on any atom is -0.627 e. The van der Waals surface area contributed by atoms with Gasteiger partial charge in [-0.2, -0.15) is 0 Å². The number of aliphatic hydroxyl groups is 1. The fraction of sp³-hybridized carbons (Fsp3) is 0.526. The monoisotopic (exact) mass is 424 g/mol. The number of hydrogen-bond donors (Lipinski definition) is 3. The van der Waals surface area contributed by atoms with E-state index in [9.17, 15) is 24.0 Å². The molecule has 3 rings (SSSR count). The number of cyclic esters (lactones) is 1. The molecule has 4 atom stereocenters. The van der Waals surface area contributed by atoms with Gasteiger partial charge in [-0.15, -0.1) is 0 Å². The highest BCUT2D eigenvalue weighted by Crippen LogP contribution is 2.31. The van der Waals surface area contributed by atoms with Crippen LogP contribution in [0.4, 0.5) is 20.6 Å². The molecule has 3 N–H and O–H groups in total. The van der Waals surface area contributed by atoms with Crippen LogP contribution in [0.3, 0.4) is 0 Å². The Hall–Kier alpha value is -2.76. The number of carbonyl (C=O) groups excluding carboxylic acids is 3. The fourth-order valence-electron chi connectivity index (χ4n) is 3.71. The molecule has 2 fully saturated rings.